The molecule has 3 rings (SSSR count). The molecule has 1 aliphatic heterocycles. The summed E-state index contributed by atoms with van der Waals surface area (Å²) in [5.74, 6) is -4.28. The highest BCUT2D eigenvalue weighted by molar-refractivity contribution is 5.73. The predicted molar refractivity (Wildman–Crippen MR) is 166 cm³/mol. The van der Waals surface area contributed by atoms with E-state index in [1.54, 1.807) is 19.1 Å². The number of hydrogen-bond donors (Lipinski definition) is 0. The van der Waals surface area contributed by atoms with Crippen LogP contribution in [-0.4, -0.2) is 60.7 Å². The van der Waals surface area contributed by atoms with Crippen LogP contribution in [0, 0.1) is 28.6 Å². The number of hydrogen-bond acceptors (Lipinski definition) is 11. The van der Waals surface area contributed by atoms with Gasteiger partial charge in [-0.25, -0.2) is 0 Å². The molecular weight excluding hydrogens is 596 g/mol. The van der Waals surface area contributed by atoms with Crippen LogP contribution in [0.5, 0.6) is 0 Å². The highest BCUT2D eigenvalue weighted by Gasteiger charge is 2.75. The molecule has 11 heteroatoms. The number of allylic oxidation sites excluding steroid dienone is 2. The third-order valence-corrected chi connectivity index (χ3v) is 10.0. The molecule has 0 radical (unpaired) electrons. The van der Waals surface area contributed by atoms with Gasteiger partial charge in [0.15, 0.2) is 6.10 Å². The molecule has 0 N–H and O–H groups in total. The van der Waals surface area contributed by atoms with Gasteiger partial charge in [-0.05, 0) is 49.5 Å². The largest absolute Gasteiger partial charge is 0.458 e. The Morgan fingerprint density at radius 2 is 1.63 bits per heavy atom. The summed E-state index contributed by atoms with van der Waals surface area (Å²) < 4.78 is 36.1. The van der Waals surface area contributed by atoms with E-state index in [2.05, 4.69) is 13.2 Å². The summed E-state index contributed by atoms with van der Waals surface area (Å²) >= 11 is 0. The van der Waals surface area contributed by atoms with Crippen LogP contribution in [0.3, 0.4) is 0 Å². The van der Waals surface area contributed by atoms with E-state index in [4.69, 9.17) is 28.4 Å². The normalized spacial score (nSPS) is 33.7. The summed E-state index contributed by atoms with van der Waals surface area (Å²) in [6.07, 6.45) is -0.0464. The zero-order valence-corrected chi connectivity index (χ0v) is 28.4. The molecule has 1 spiro atoms. The summed E-state index contributed by atoms with van der Waals surface area (Å²) in [4.78, 5) is 64.1. The van der Waals surface area contributed by atoms with Gasteiger partial charge in [0.25, 0.3) is 0 Å². The van der Waals surface area contributed by atoms with Crippen molar-refractivity contribution in [1.29, 1.82) is 0 Å². The van der Waals surface area contributed by atoms with Crippen molar-refractivity contribution in [2.24, 2.45) is 28.6 Å². The van der Waals surface area contributed by atoms with Crippen molar-refractivity contribution in [1.82, 2.24) is 0 Å². The number of rotatable bonds is 13. The monoisotopic (exact) mass is 646 g/mol. The second-order valence-corrected chi connectivity index (χ2v) is 13.0. The van der Waals surface area contributed by atoms with Gasteiger partial charge in [0, 0.05) is 38.7 Å². The second-order valence-electron chi connectivity index (χ2n) is 13.0. The van der Waals surface area contributed by atoms with Gasteiger partial charge in [-0.3, -0.25) is 28.7 Å². The molecule has 1 saturated heterocycles. The number of ether oxygens (including phenoxy) is 6. The summed E-state index contributed by atoms with van der Waals surface area (Å²) in [5.41, 5.74) is -1.14. The molecule has 1 unspecified atom stereocenters. The quantitative estimate of drug-likeness (QED) is 0.108. The minimum Gasteiger partial charge on any atom is -0.458 e. The molecule has 0 amide bonds. The van der Waals surface area contributed by atoms with E-state index in [-0.39, 0.29) is 18.8 Å². The molecule has 0 bridgehead atoms. The van der Waals surface area contributed by atoms with Crippen molar-refractivity contribution >= 4 is 29.8 Å². The fourth-order valence-electron chi connectivity index (χ4n) is 7.36. The lowest BCUT2D eigenvalue weighted by molar-refractivity contribution is -0.280. The Kier molecular flexibility index (Phi) is 12.0. The first-order valence-corrected chi connectivity index (χ1v) is 16.2. The van der Waals surface area contributed by atoms with Gasteiger partial charge in [0.2, 0.25) is 12.6 Å². The maximum absolute atomic E-state index is 13.1. The lowest BCUT2D eigenvalue weighted by atomic mass is 9.44. The summed E-state index contributed by atoms with van der Waals surface area (Å²) in [7, 11) is 0. The van der Waals surface area contributed by atoms with Gasteiger partial charge in [0.1, 0.15) is 17.6 Å². The maximum Gasteiger partial charge on any atom is 0.309 e. The minimum absolute atomic E-state index is 0.0933. The molecule has 1 heterocycles. The Hall–Kier alpha value is -3.47. The second kappa shape index (κ2) is 15.0. The van der Waals surface area contributed by atoms with Crippen LogP contribution in [0.4, 0.5) is 0 Å². The first-order chi connectivity index (χ1) is 21.6. The summed E-state index contributed by atoms with van der Waals surface area (Å²) in [6.45, 7) is 21.1. The van der Waals surface area contributed by atoms with E-state index in [1.165, 1.54) is 20.8 Å². The maximum atomic E-state index is 13.1. The number of carbonyl (C=O) groups excluding carboxylic acids is 5. The smallest absolute Gasteiger partial charge is 0.309 e. The first kappa shape index (κ1) is 37.0. The average molecular weight is 647 g/mol. The van der Waals surface area contributed by atoms with Crippen LogP contribution in [-0.2, 0) is 52.4 Å². The standard InChI is InChI=1S/C35H50O11/c1-11-14-28(39)45-32-26-17-25(44-31(40)20(5)13-3)18-27-34(10,16-15-19(4)12-2)21(6)29(41-22(7)36)30(42-23(8)37)35(26,27)33(46-32)43-24(9)38/h12,17,20-21,25,27,29-30,32-33H,2,4,11,13-16,18H2,1,3,5-10H3/t20?,21-,25+,27+,29+,30+,32+,33-,34+,35-/m0/s1. The van der Waals surface area contributed by atoms with E-state index in [0.717, 1.165) is 5.57 Å². The average Bonchev–Trinajstić information content (AvgIpc) is 3.27. The molecule has 10 atom stereocenters. The van der Waals surface area contributed by atoms with Crippen molar-refractivity contribution in [3.8, 4) is 0 Å². The number of esters is 5. The highest BCUT2D eigenvalue weighted by Crippen LogP contribution is 2.68. The molecule has 0 aromatic carbocycles. The SMILES string of the molecule is C=CC(=C)CC[C@@]1(C)[C@H]2C[C@H](OC(=O)C(C)CC)C=C3[C@H](OC(=O)CCC)O[C@H](OC(C)=O)[C@@]32[C@H](OC(C)=O)[C@H](OC(C)=O)[C@@H]1C. The molecule has 11 nitrogen and oxygen atoms in total. The van der Waals surface area contributed by atoms with Crippen LogP contribution in [0.1, 0.15) is 93.9 Å². The molecule has 3 aliphatic rings. The van der Waals surface area contributed by atoms with E-state index in [1.807, 2.05) is 27.7 Å². The van der Waals surface area contributed by atoms with E-state index < -0.39 is 83.4 Å². The molecule has 0 aromatic heterocycles. The molecule has 1 saturated carbocycles. The van der Waals surface area contributed by atoms with Crippen LogP contribution in [0.25, 0.3) is 0 Å². The molecule has 46 heavy (non-hydrogen) atoms. The number of carbonyl (C=O) groups is 5. The van der Waals surface area contributed by atoms with Crippen molar-refractivity contribution in [3.05, 3.63) is 36.5 Å². The van der Waals surface area contributed by atoms with E-state index in [9.17, 15) is 24.0 Å². The van der Waals surface area contributed by atoms with E-state index >= 15 is 0 Å². The lowest BCUT2D eigenvalue weighted by Crippen LogP contribution is -2.69. The topological polar surface area (TPSA) is 141 Å². The molecule has 256 valence electrons. The molecule has 2 fully saturated rings. The van der Waals surface area contributed by atoms with Crippen LogP contribution < -0.4 is 0 Å². The third kappa shape index (κ3) is 7.24. The fraction of sp³-hybridized carbons (Fsp3) is 0.686. The molecule has 2 aliphatic carbocycles. The van der Waals surface area contributed by atoms with Gasteiger partial charge in [0.05, 0.1) is 5.92 Å². The van der Waals surface area contributed by atoms with Gasteiger partial charge in [-0.15, -0.1) is 0 Å². The Bertz CT molecular complexity index is 1250. The Morgan fingerprint density at radius 1 is 1.00 bits per heavy atom. The summed E-state index contributed by atoms with van der Waals surface area (Å²) in [5, 5.41) is 0. The highest BCUT2D eigenvalue weighted by atomic mass is 16.8. The van der Waals surface area contributed by atoms with Crippen LogP contribution in [0.2, 0.25) is 0 Å². The van der Waals surface area contributed by atoms with Gasteiger partial charge >= 0.3 is 29.8 Å². The summed E-state index contributed by atoms with van der Waals surface area (Å²) in [6, 6.07) is 0. The van der Waals surface area contributed by atoms with E-state index in [0.29, 0.717) is 31.3 Å². The van der Waals surface area contributed by atoms with Crippen molar-refractivity contribution in [3.63, 3.8) is 0 Å². The van der Waals surface area contributed by atoms with Gasteiger partial charge < -0.3 is 23.7 Å². The minimum atomic E-state index is -1.50. The first-order valence-electron chi connectivity index (χ1n) is 16.2. The predicted octanol–water partition coefficient (Wildman–Crippen LogP) is 5.51. The Labute approximate surface area is 272 Å². The Balaban J connectivity index is 2.41. The van der Waals surface area contributed by atoms with Crippen molar-refractivity contribution < 1.29 is 52.4 Å². The fourth-order valence-corrected chi connectivity index (χ4v) is 7.36. The zero-order valence-electron chi connectivity index (χ0n) is 28.4. The van der Waals surface area contributed by atoms with Crippen LogP contribution in [0.15, 0.2) is 36.5 Å². The van der Waals surface area contributed by atoms with Crippen molar-refractivity contribution in [2.45, 2.75) is 125 Å². The van der Waals surface area contributed by atoms with Gasteiger partial charge in [-0.2, -0.15) is 0 Å². The molecule has 0 aromatic rings. The third-order valence-electron chi connectivity index (χ3n) is 10.0. The van der Waals surface area contributed by atoms with Gasteiger partial charge in [-0.1, -0.05) is 59.4 Å². The van der Waals surface area contributed by atoms with Crippen molar-refractivity contribution in [2.75, 3.05) is 0 Å². The molecular formula is C35H50O11. The Morgan fingerprint density at radius 3 is 2.17 bits per heavy atom. The van der Waals surface area contributed by atoms with Crippen LogP contribution >= 0.6 is 0 Å². The lowest BCUT2D eigenvalue weighted by Gasteiger charge is -2.62. The zero-order chi connectivity index (χ0) is 34.6.